The lowest BCUT2D eigenvalue weighted by Crippen LogP contribution is -1.97. The van der Waals surface area contributed by atoms with Crippen LogP contribution in [-0.4, -0.2) is 24.2 Å². The van der Waals surface area contributed by atoms with Crippen LogP contribution in [0.2, 0.25) is 5.02 Å². The molecule has 3 rings (SSSR count). The van der Waals surface area contributed by atoms with Crippen LogP contribution < -0.4 is 14.2 Å². The van der Waals surface area contributed by atoms with Crippen LogP contribution in [0.1, 0.15) is 18.2 Å². The molecule has 3 aromatic rings. The Bertz CT molecular complexity index is 913. The Morgan fingerprint density at radius 1 is 0.893 bits per heavy atom. The van der Waals surface area contributed by atoms with Crippen molar-refractivity contribution in [2.24, 2.45) is 0 Å². The number of aromatic nitrogens is 2. The first-order valence-corrected chi connectivity index (χ1v) is 10.1. The predicted octanol–water partition coefficient (Wildman–Crippen LogP) is 5.79. The molecule has 5 nitrogen and oxygen atoms in total. The van der Waals surface area contributed by atoms with E-state index in [0.717, 1.165) is 29.2 Å². The van der Waals surface area contributed by atoms with Crippen molar-refractivity contribution >= 4 is 23.4 Å². The SMILES string of the molecule is CCc1cc(Oc2ccc(Cl)cc2)nc(SCc2cc(OC)cc(OC)c2)n1. The maximum atomic E-state index is 5.93. The Labute approximate surface area is 174 Å². The van der Waals surface area contributed by atoms with Crippen molar-refractivity contribution in [3.8, 4) is 23.1 Å². The van der Waals surface area contributed by atoms with Gasteiger partial charge in [-0.25, -0.2) is 4.98 Å². The number of rotatable bonds is 8. The summed E-state index contributed by atoms with van der Waals surface area (Å²) in [6.45, 7) is 2.05. The molecule has 0 spiro atoms. The minimum Gasteiger partial charge on any atom is -0.497 e. The number of thioether (sulfide) groups is 1. The van der Waals surface area contributed by atoms with E-state index in [2.05, 4.69) is 16.9 Å². The van der Waals surface area contributed by atoms with E-state index in [9.17, 15) is 0 Å². The third-order valence-corrected chi connectivity index (χ3v) is 5.08. The molecule has 2 aromatic carbocycles. The molecule has 0 saturated heterocycles. The molecular formula is C21H21ClN2O3S. The highest BCUT2D eigenvalue weighted by Gasteiger charge is 2.09. The quantitative estimate of drug-likeness (QED) is 0.342. The first-order chi connectivity index (χ1) is 13.6. The summed E-state index contributed by atoms with van der Waals surface area (Å²) in [5.41, 5.74) is 1.98. The number of benzene rings is 2. The Kier molecular flexibility index (Phi) is 7.01. The fraction of sp³-hybridized carbons (Fsp3) is 0.238. The zero-order valence-electron chi connectivity index (χ0n) is 15.9. The zero-order valence-corrected chi connectivity index (χ0v) is 17.5. The average molecular weight is 417 g/mol. The van der Waals surface area contributed by atoms with Crippen molar-refractivity contribution in [2.45, 2.75) is 24.3 Å². The molecule has 0 N–H and O–H groups in total. The van der Waals surface area contributed by atoms with E-state index in [1.807, 2.05) is 36.4 Å². The smallest absolute Gasteiger partial charge is 0.223 e. The highest BCUT2D eigenvalue weighted by atomic mass is 35.5. The standard InChI is InChI=1S/C21H21ClN2O3S/c1-4-16-11-20(27-17-7-5-15(22)6-8-17)24-21(23-16)28-13-14-9-18(25-2)12-19(10-14)26-3/h5-12H,4,13H2,1-3H3. The van der Waals surface area contributed by atoms with Gasteiger partial charge in [-0.1, -0.05) is 30.3 Å². The van der Waals surface area contributed by atoms with Crippen molar-refractivity contribution in [3.63, 3.8) is 0 Å². The molecule has 0 fully saturated rings. The number of nitrogens with zero attached hydrogens (tertiary/aromatic N) is 2. The van der Waals surface area contributed by atoms with Crippen LogP contribution in [0, 0.1) is 0 Å². The molecule has 7 heteroatoms. The molecule has 0 aliphatic carbocycles. The summed E-state index contributed by atoms with van der Waals surface area (Å²) in [5, 5.41) is 1.32. The number of ether oxygens (including phenoxy) is 3. The summed E-state index contributed by atoms with van der Waals surface area (Å²) in [7, 11) is 3.28. The van der Waals surface area contributed by atoms with Gasteiger partial charge in [0.25, 0.3) is 0 Å². The van der Waals surface area contributed by atoms with E-state index in [0.29, 0.717) is 27.6 Å². The molecule has 0 unspecified atom stereocenters. The topological polar surface area (TPSA) is 53.5 Å². The Morgan fingerprint density at radius 3 is 2.18 bits per heavy atom. The Hall–Kier alpha value is -2.44. The molecular weight excluding hydrogens is 396 g/mol. The largest absolute Gasteiger partial charge is 0.497 e. The Morgan fingerprint density at radius 2 is 1.57 bits per heavy atom. The number of methoxy groups -OCH3 is 2. The summed E-state index contributed by atoms with van der Waals surface area (Å²) in [4.78, 5) is 9.13. The summed E-state index contributed by atoms with van der Waals surface area (Å²) in [5.74, 6) is 3.38. The van der Waals surface area contributed by atoms with Gasteiger partial charge < -0.3 is 14.2 Å². The minimum atomic E-state index is 0.514. The van der Waals surface area contributed by atoms with E-state index >= 15 is 0 Å². The summed E-state index contributed by atoms with van der Waals surface area (Å²) >= 11 is 7.46. The van der Waals surface area contributed by atoms with Crippen LogP contribution in [-0.2, 0) is 12.2 Å². The lowest BCUT2D eigenvalue weighted by molar-refractivity contribution is 0.393. The van der Waals surface area contributed by atoms with Gasteiger partial charge in [0.15, 0.2) is 5.16 Å². The highest BCUT2D eigenvalue weighted by Crippen LogP contribution is 2.29. The van der Waals surface area contributed by atoms with Crippen LogP contribution in [0.25, 0.3) is 0 Å². The second kappa shape index (κ2) is 9.66. The van der Waals surface area contributed by atoms with Crippen LogP contribution in [0.3, 0.4) is 0 Å². The lowest BCUT2D eigenvalue weighted by Gasteiger charge is -2.10. The van der Waals surface area contributed by atoms with Gasteiger partial charge in [0, 0.05) is 28.6 Å². The summed E-state index contributed by atoms with van der Waals surface area (Å²) < 4.78 is 16.5. The molecule has 1 heterocycles. The second-order valence-electron chi connectivity index (χ2n) is 5.90. The number of halogens is 1. The van der Waals surface area contributed by atoms with Crippen molar-refractivity contribution in [1.82, 2.24) is 9.97 Å². The fourth-order valence-corrected chi connectivity index (χ4v) is 3.39. The van der Waals surface area contributed by atoms with E-state index < -0.39 is 0 Å². The van der Waals surface area contributed by atoms with Gasteiger partial charge in [-0.15, -0.1) is 0 Å². The van der Waals surface area contributed by atoms with Crippen molar-refractivity contribution in [1.29, 1.82) is 0 Å². The van der Waals surface area contributed by atoms with Crippen molar-refractivity contribution in [2.75, 3.05) is 14.2 Å². The van der Waals surface area contributed by atoms with Gasteiger partial charge in [-0.2, -0.15) is 4.98 Å². The van der Waals surface area contributed by atoms with E-state index in [4.69, 9.17) is 25.8 Å². The molecule has 0 aliphatic rings. The third-order valence-electron chi connectivity index (χ3n) is 3.91. The normalized spacial score (nSPS) is 10.6. The van der Waals surface area contributed by atoms with Gasteiger partial charge in [-0.05, 0) is 48.4 Å². The minimum absolute atomic E-state index is 0.514. The maximum absolute atomic E-state index is 5.93. The van der Waals surface area contributed by atoms with E-state index in [-0.39, 0.29) is 0 Å². The van der Waals surface area contributed by atoms with E-state index in [1.54, 1.807) is 26.4 Å². The molecule has 28 heavy (non-hydrogen) atoms. The van der Waals surface area contributed by atoms with Crippen LogP contribution in [0.15, 0.2) is 53.7 Å². The number of aryl methyl sites for hydroxylation is 1. The summed E-state index contributed by atoms with van der Waals surface area (Å²) in [6.07, 6.45) is 0.792. The second-order valence-corrected chi connectivity index (χ2v) is 7.28. The third kappa shape index (κ3) is 5.53. The van der Waals surface area contributed by atoms with Crippen molar-refractivity contribution in [3.05, 3.63) is 64.8 Å². The Balaban J connectivity index is 1.77. The first kappa shape index (κ1) is 20.3. The molecule has 0 aliphatic heterocycles. The maximum Gasteiger partial charge on any atom is 0.223 e. The average Bonchev–Trinajstić information content (AvgIpc) is 2.73. The van der Waals surface area contributed by atoms with Gasteiger partial charge >= 0.3 is 0 Å². The monoisotopic (exact) mass is 416 g/mol. The molecule has 0 bridgehead atoms. The van der Waals surface area contributed by atoms with Gasteiger partial charge in [-0.3, -0.25) is 0 Å². The molecule has 0 atom stereocenters. The number of hydrogen-bond donors (Lipinski definition) is 0. The van der Waals surface area contributed by atoms with E-state index in [1.165, 1.54) is 11.8 Å². The molecule has 146 valence electrons. The van der Waals surface area contributed by atoms with Gasteiger partial charge in [0.05, 0.1) is 14.2 Å². The molecule has 0 saturated carbocycles. The molecule has 0 amide bonds. The highest BCUT2D eigenvalue weighted by molar-refractivity contribution is 7.98. The zero-order chi connectivity index (χ0) is 19.9. The van der Waals surface area contributed by atoms with Gasteiger partial charge in [0.2, 0.25) is 5.88 Å². The number of hydrogen-bond acceptors (Lipinski definition) is 6. The molecule has 0 radical (unpaired) electrons. The van der Waals surface area contributed by atoms with Crippen LogP contribution in [0.4, 0.5) is 0 Å². The van der Waals surface area contributed by atoms with Crippen LogP contribution in [0.5, 0.6) is 23.1 Å². The predicted molar refractivity (Wildman–Crippen MR) is 112 cm³/mol. The van der Waals surface area contributed by atoms with Gasteiger partial charge in [0.1, 0.15) is 17.2 Å². The first-order valence-electron chi connectivity index (χ1n) is 8.75. The molecule has 1 aromatic heterocycles. The van der Waals surface area contributed by atoms with Crippen molar-refractivity contribution < 1.29 is 14.2 Å². The lowest BCUT2D eigenvalue weighted by atomic mass is 10.2. The fourth-order valence-electron chi connectivity index (χ4n) is 2.47. The van der Waals surface area contributed by atoms with Crippen LogP contribution >= 0.6 is 23.4 Å². The summed E-state index contributed by atoms with van der Waals surface area (Å²) in [6, 6.07) is 14.8.